The Hall–Kier alpha value is -2.73. The number of fused-ring (bicyclic) bond motifs is 2. The second-order valence-corrected chi connectivity index (χ2v) is 7.47. The van der Waals surface area contributed by atoms with Crippen LogP contribution in [0.3, 0.4) is 0 Å². The molecule has 0 aliphatic carbocycles. The van der Waals surface area contributed by atoms with Gasteiger partial charge < -0.3 is 5.32 Å². The van der Waals surface area contributed by atoms with Gasteiger partial charge in [-0.3, -0.25) is 9.89 Å². The van der Waals surface area contributed by atoms with Crippen LogP contribution in [0.15, 0.2) is 36.5 Å². The highest BCUT2D eigenvalue weighted by atomic mass is 32.1. The number of unbranched alkanes of at least 4 members (excludes halogenated alkanes) is 1. The lowest BCUT2D eigenvalue weighted by molar-refractivity contribution is -0.116. The number of anilines is 1. The predicted octanol–water partition coefficient (Wildman–Crippen LogP) is 5.28. The molecule has 1 amide bonds. The summed E-state index contributed by atoms with van der Waals surface area (Å²) in [6.07, 6.45) is 4.32. The van der Waals surface area contributed by atoms with Gasteiger partial charge in [0, 0.05) is 11.8 Å². The van der Waals surface area contributed by atoms with Gasteiger partial charge in [0.15, 0.2) is 5.13 Å². The largest absolute Gasteiger partial charge is 0.302 e. The lowest BCUT2D eigenvalue weighted by atomic mass is 9.97. The molecule has 5 nitrogen and oxygen atoms in total. The van der Waals surface area contributed by atoms with E-state index in [4.69, 9.17) is 0 Å². The van der Waals surface area contributed by atoms with Crippen LogP contribution in [0.2, 0.25) is 0 Å². The number of nitrogens with zero attached hydrogens (tertiary/aromatic N) is 2. The van der Waals surface area contributed by atoms with Gasteiger partial charge in [-0.15, -0.1) is 0 Å². The maximum atomic E-state index is 11.9. The number of rotatable bonds is 5. The first kappa shape index (κ1) is 16.7. The van der Waals surface area contributed by atoms with Crippen LogP contribution in [-0.2, 0) is 4.79 Å². The Morgan fingerprint density at radius 3 is 3.00 bits per heavy atom. The molecule has 4 rings (SSSR count). The van der Waals surface area contributed by atoms with Crippen molar-refractivity contribution in [3.8, 4) is 11.1 Å². The fourth-order valence-electron chi connectivity index (χ4n) is 3.16. The molecule has 0 fully saturated rings. The van der Waals surface area contributed by atoms with Crippen molar-refractivity contribution in [1.82, 2.24) is 15.2 Å². The number of H-pyrrole nitrogens is 1. The molecule has 0 saturated heterocycles. The van der Waals surface area contributed by atoms with E-state index in [0.29, 0.717) is 11.6 Å². The molecular weight excluding hydrogens is 344 g/mol. The third kappa shape index (κ3) is 3.08. The van der Waals surface area contributed by atoms with Gasteiger partial charge >= 0.3 is 0 Å². The Balaban J connectivity index is 1.70. The van der Waals surface area contributed by atoms with E-state index >= 15 is 0 Å². The van der Waals surface area contributed by atoms with Gasteiger partial charge in [0.05, 0.1) is 21.9 Å². The summed E-state index contributed by atoms with van der Waals surface area (Å²) in [4.78, 5) is 16.5. The summed E-state index contributed by atoms with van der Waals surface area (Å²) in [7, 11) is 0. The fourth-order valence-corrected chi connectivity index (χ4v) is 4.08. The minimum atomic E-state index is 0.0325. The van der Waals surface area contributed by atoms with Gasteiger partial charge in [0.2, 0.25) is 5.91 Å². The second kappa shape index (κ2) is 6.88. The molecule has 0 aliphatic heterocycles. The van der Waals surface area contributed by atoms with E-state index in [0.717, 1.165) is 39.5 Å². The van der Waals surface area contributed by atoms with Crippen molar-refractivity contribution >= 4 is 43.5 Å². The Morgan fingerprint density at radius 2 is 2.15 bits per heavy atom. The van der Waals surface area contributed by atoms with Crippen molar-refractivity contribution in [1.29, 1.82) is 0 Å². The van der Waals surface area contributed by atoms with Crippen LogP contribution in [0, 0.1) is 6.92 Å². The van der Waals surface area contributed by atoms with E-state index in [2.05, 4.69) is 58.6 Å². The highest BCUT2D eigenvalue weighted by molar-refractivity contribution is 7.22. The van der Waals surface area contributed by atoms with Crippen molar-refractivity contribution < 1.29 is 4.79 Å². The average molecular weight is 364 g/mol. The molecular formula is C20H20N4OS. The van der Waals surface area contributed by atoms with Crippen LogP contribution in [-0.4, -0.2) is 21.1 Å². The maximum Gasteiger partial charge on any atom is 0.226 e. The van der Waals surface area contributed by atoms with Crippen molar-refractivity contribution in [3.63, 3.8) is 0 Å². The summed E-state index contributed by atoms with van der Waals surface area (Å²) in [6.45, 7) is 4.19. The smallest absolute Gasteiger partial charge is 0.226 e. The molecule has 0 aliphatic rings. The number of thiazole rings is 1. The van der Waals surface area contributed by atoms with Gasteiger partial charge in [-0.1, -0.05) is 36.8 Å². The minimum absolute atomic E-state index is 0.0325. The SMILES string of the molecule is CCCCC(=O)Nc1nc2ccc(-c3c(C)ccc4[nH]ncc34)cc2s1. The van der Waals surface area contributed by atoms with Gasteiger partial charge in [-0.2, -0.15) is 5.10 Å². The number of aryl methyl sites for hydroxylation is 1. The Kier molecular flexibility index (Phi) is 4.42. The second-order valence-electron chi connectivity index (χ2n) is 6.44. The lowest BCUT2D eigenvalue weighted by Gasteiger charge is -2.07. The van der Waals surface area contributed by atoms with Crippen LogP contribution in [0.4, 0.5) is 5.13 Å². The van der Waals surface area contributed by atoms with Gasteiger partial charge in [-0.25, -0.2) is 4.98 Å². The zero-order valence-corrected chi connectivity index (χ0v) is 15.6. The van der Waals surface area contributed by atoms with Crippen molar-refractivity contribution in [2.45, 2.75) is 33.1 Å². The molecule has 132 valence electrons. The molecule has 2 N–H and O–H groups in total. The number of aromatic amines is 1. The van der Waals surface area contributed by atoms with Gasteiger partial charge in [-0.05, 0) is 48.2 Å². The van der Waals surface area contributed by atoms with E-state index in [1.807, 2.05) is 12.3 Å². The summed E-state index contributed by atoms with van der Waals surface area (Å²) in [5.41, 5.74) is 5.45. The first-order chi connectivity index (χ1) is 12.7. The Morgan fingerprint density at radius 1 is 1.27 bits per heavy atom. The lowest BCUT2D eigenvalue weighted by Crippen LogP contribution is -2.10. The molecule has 26 heavy (non-hydrogen) atoms. The highest BCUT2D eigenvalue weighted by Crippen LogP contribution is 2.35. The summed E-state index contributed by atoms with van der Waals surface area (Å²) in [6, 6.07) is 10.4. The molecule has 6 heteroatoms. The predicted molar refractivity (Wildman–Crippen MR) is 108 cm³/mol. The molecule has 0 saturated carbocycles. The molecule has 0 radical (unpaired) electrons. The van der Waals surface area contributed by atoms with Crippen LogP contribution >= 0.6 is 11.3 Å². The van der Waals surface area contributed by atoms with E-state index in [9.17, 15) is 4.79 Å². The zero-order chi connectivity index (χ0) is 18.1. The molecule has 0 bridgehead atoms. The highest BCUT2D eigenvalue weighted by Gasteiger charge is 2.12. The number of hydrogen-bond donors (Lipinski definition) is 2. The van der Waals surface area contributed by atoms with E-state index < -0.39 is 0 Å². The molecule has 0 unspecified atom stereocenters. The van der Waals surface area contributed by atoms with E-state index in [-0.39, 0.29) is 5.91 Å². The maximum absolute atomic E-state index is 11.9. The standard InChI is InChI=1S/C20H20N4OS/c1-3-4-5-18(25)23-20-22-16-9-7-13(10-17(16)26-20)19-12(2)6-8-15-14(19)11-21-24-15/h6-11H,3-5H2,1-2H3,(H,21,24)(H,22,23,25). The number of amides is 1. The number of carbonyl (C=O) groups is 1. The van der Waals surface area contributed by atoms with Crippen LogP contribution < -0.4 is 5.32 Å². The summed E-state index contributed by atoms with van der Waals surface area (Å²) in [5.74, 6) is 0.0325. The third-order valence-electron chi connectivity index (χ3n) is 4.51. The normalized spacial score (nSPS) is 11.3. The molecule has 2 heterocycles. The van der Waals surface area contributed by atoms with E-state index in [1.165, 1.54) is 22.5 Å². The third-order valence-corrected chi connectivity index (χ3v) is 5.45. The first-order valence-electron chi connectivity index (χ1n) is 8.79. The van der Waals surface area contributed by atoms with Crippen molar-refractivity contribution in [2.75, 3.05) is 5.32 Å². The number of nitrogens with one attached hydrogen (secondary N) is 2. The topological polar surface area (TPSA) is 70.7 Å². The van der Waals surface area contributed by atoms with Crippen molar-refractivity contribution in [2.24, 2.45) is 0 Å². The van der Waals surface area contributed by atoms with Crippen LogP contribution in [0.1, 0.15) is 31.7 Å². The molecule has 4 aromatic rings. The summed E-state index contributed by atoms with van der Waals surface area (Å²) >= 11 is 1.51. The average Bonchev–Trinajstić information content (AvgIpc) is 3.25. The Bertz CT molecular complexity index is 1100. The number of hydrogen-bond acceptors (Lipinski definition) is 4. The molecule has 0 spiro atoms. The Labute approximate surface area is 155 Å². The zero-order valence-electron chi connectivity index (χ0n) is 14.8. The van der Waals surface area contributed by atoms with Gasteiger partial charge in [0.1, 0.15) is 0 Å². The monoisotopic (exact) mass is 364 g/mol. The van der Waals surface area contributed by atoms with Crippen molar-refractivity contribution in [3.05, 3.63) is 42.1 Å². The van der Waals surface area contributed by atoms with Crippen LogP contribution in [0.5, 0.6) is 0 Å². The van der Waals surface area contributed by atoms with E-state index in [1.54, 1.807) is 0 Å². The van der Waals surface area contributed by atoms with Gasteiger partial charge in [0.25, 0.3) is 0 Å². The first-order valence-corrected chi connectivity index (χ1v) is 9.61. The molecule has 2 aromatic heterocycles. The number of aromatic nitrogens is 3. The molecule has 2 aromatic carbocycles. The number of carbonyl (C=O) groups excluding carboxylic acids is 1. The number of benzene rings is 2. The summed E-state index contributed by atoms with van der Waals surface area (Å²) in [5, 5.41) is 11.9. The fraction of sp³-hybridized carbons (Fsp3) is 0.250. The van der Waals surface area contributed by atoms with Crippen LogP contribution in [0.25, 0.3) is 32.2 Å². The summed E-state index contributed by atoms with van der Waals surface area (Å²) < 4.78 is 1.06. The quantitative estimate of drug-likeness (QED) is 0.506. The molecule has 0 atom stereocenters. The minimum Gasteiger partial charge on any atom is -0.302 e.